The molecule has 46 heavy (non-hydrogen) atoms. The Morgan fingerprint density at radius 3 is 2.65 bits per heavy atom. The molecule has 0 fully saturated rings. The summed E-state index contributed by atoms with van der Waals surface area (Å²) in [7, 11) is -2.76. The first-order chi connectivity index (χ1) is 21.6. The molecule has 0 amide bonds. The van der Waals surface area contributed by atoms with Gasteiger partial charge in [0, 0.05) is 43.1 Å². The number of phenolic OH excluding ortho intramolecular Hbond substituents is 1. The van der Waals surface area contributed by atoms with Gasteiger partial charge in [-0.05, 0) is 73.6 Å². The molecule has 3 aromatic carbocycles. The number of ether oxygens (including phenoxy) is 2. The maximum Gasteiger partial charge on any atom is 0.385 e. The van der Waals surface area contributed by atoms with Crippen molar-refractivity contribution in [2.75, 3.05) is 19.6 Å². The van der Waals surface area contributed by atoms with Gasteiger partial charge in [-0.2, -0.15) is 12.7 Å². The van der Waals surface area contributed by atoms with Gasteiger partial charge in [0.25, 0.3) is 0 Å². The quantitative estimate of drug-likeness (QED) is 0.109. The number of carbonyl (C=O) groups excluding carboxylic acids is 1. The third kappa shape index (κ3) is 7.35. The zero-order valence-electron chi connectivity index (χ0n) is 26.2. The summed E-state index contributed by atoms with van der Waals surface area (Å²) in [5.41, 5.74) is 6.45. The lowest BCUT2D eigenvalue weighted by atomic mass is 9.84. The molecule has 4 aromatic rings. The van der Waals surface area contributed by atoms with E-state index in [0.717, 1.165) is 51.7 Å². The minimum absolute atomic E-state index is 0. The van der Waals surface area contributed by atoms with Gasteiger partial charge in [0.2, 0.25) is 0 Å². The Kier molecular flexibility index (Phi) is 11.4. The first kappa shape index (κ1) is 35.3. The van der Waals surface area contributed by atoms with Crippen LogP contribution in [0.25, 0.3) is 11.0 Å². The number of aromatic hydroxyl groups is 1. The number of unbranched alkanes of at least 4 members (excludes halogenated alkanes) is 1. The van der Waals surface area contributed by atoms with E-state index in [0.29, 0.717) is 18.0 Å². The zero-order valence-corrected chi connectivity index (χ0v) is 28.5. The number of aromatic nitrogens is 3. The summed E-state index contributed by atoms with van der Waals surface area (Å²) in [5.74, 6) is -0.00573. The van der Waals surface area contributed by atoms with Crippen molar-refractivity contribution in [3.8, 4) is 17.2 Å². The largest absolute Gasteiger partial charge is 0.504 e. The molecule has 11 nitrogen and oxygen atoms in total. The van der Waals surface area contributed by atoms with Gasteiger partial charge in [-0.1, -0.05) is 29.5 Å². The average Bonchev–Trinajstić information content (AvgIpc) is 3.42. The van der Waals surface area contributed by atoms with Crippen molar-refractivity contribution in [2.24, 2.45) is 0 Å². The Hall–Kier alpha value is -3.58. The Morgan fingerprint density at radius 2 is 1.93 bits per heavy atom. The Labute approximate surface area is 280 Å². The minimum Gasteiger partial charge on any atom is -0.504 e. The Balaban J connectivity index is 0.00000480. The van der Waals surface area contributed by atoms with E-state index in [1.165, 1.54) is 23.5 Å². The van der Waals surface area contributed by atoms with Crippen LogP contribution in [-0.2, 0) is 39.5 Å². The first-order valence-corrected chi connectivity index (χ1v) is 16.7. The third-order valence-corrected chi connectivity index (χ3v) is 9.68. The second-order valence-corrected chi connectivity index (χ2v) is 13.0. The van der Waals surface area contributed by atoms with Gasteiger partial charge in [0.05, 0.1) is 25.7 Å². The molecule has 0 spiro atoms. The molecule has 5 rings (SSSR count). The van der Waals surface area contributed by atoms with Crippen molar-refractivity contribution >= 4 is 51.3 Å². The summed E-state index contributed by atoms with van der Waals surface area (Å²) < 4.78 is 45.3. The van der Waals surface area contributed by atoms with Crippen molar-refractivity contribution in [1.82, 2.24) is 19.3 Å². The van der Waals surface area contributed by atoms with E-state index < -0.39 is 10.3 Å². The van der Waals surface area contributed by atoms with Crippen LogP contribution in [0.1, 0.15) is 65.5 Å². The highest BCUT2D eigenvalue weighted by molar-refractivity contribution is 7.84. The van der Waals surface area contributed by atoms with E-state index in [9.17, 15) is 18.3 Å². The molecule has 1 unspecified atom stereocenters. The molecule has 1 aliphatic heterocycles. The summed E-state index contributed by atoms with van der Waals surface area (Å²) in [5, 5.41) is 19.1. The smallest absolute Gasteiger partial charge is 0.385 e. The van der Waals surface area contributed by atoms with E-state index >= 15 is 0 Å². The molecular formula is C32H38Cl2N4O7S. The normalized spacial score (nSPS) is 14.6. The number of esters is 1. The van der Waals surface area contributed by atoms with E-state index in [-0.39, 0.29) is 67.7 Å². The van der Waals surface area contributed by atoms with Crippen LogP contribution in [-0.4, -0.2) is 58.4 Å². The number of hydrogen-bond acceptors (Lipinski definition) is 9. The highest BCUT2D eigenvalue weighted by Crippen LogP contribution is 2.39. The number of fused-ring (bicyclic) bond motifs is 2. The molecule has 0 saturated carbocycles. The number of benzene rings is 3. The summed E-state index contributed by atoms with van der Waals surface area (Å²) in [6.45, 7) is 6.64. The standard InChI is InChI=1S/C32H37ClN4O7S.ClH/c1-5-43-31(39)16-26(25-10-11-27-32(21(25)3)34-35-37(27)13-7-6-12-33)22-9-8-20(2)23(14-22)18-36-19-24-15-28(38)30(42-4)17-29(24)44-45(36,40)41;/h8-11,14-15,17,26,38H,5-7,12-13,16,18-19H2,1-4H3;1H. The number of methoxy groups -OCH3 is 1. The Morgan fingerprint density at radius 1 is 1.15 bits per heavy atom. The molecule has 0 aliphatic carbocycles. The number of phenols is 1. The highest BCUT2D eigenvalue weighted by Gasteiger charge is 2.33. The van der Waals surface area contributed by atoms with Crippen LogP contribution in [0.3, 0.4) is 0 Å². The van der Waals surface area contributed by atoms with Gasteiger partial charge >= 0.3 is 16.3 Å². The van der Waals surface area contributed by atoms with Crippen LogP contribution >= 0.6 is 24.0 Å². The summed E-state index contributed by atoms with van der Waals surface area (Å²) in [6.07, 6.45) is 1.86. The van der Waals surface area contributed by atoms with Crippen LogP contribution in [0.4, 0.5) is 0 Å². The minimum atomic E-state index is -4.14. The summed E-state index contributed by atoms with van der Waals surface area (Å²) in [6, 6.07) is 12.6. The number of hydrogen-bond donors (Lipinski definition) is 1. The van der Waals surface area contributed by atoms with Crippen LogP contribution in [0.15, 0.2) is 42.5 Å². The van der Waals surface area contributed by atoms with E-state index in [1.54, 1.807) is 6.92 Å². The third-order valence-electron chi connectivity index (χ3n) is 8.13. The van der Waals surface area contributed by atoms with E-state index in [4.69, 9.17) is 25.3 Å². The van der Waals surface area contributed by atoms with Crippen molar-refractivity contribution in [3.05, 3.63) is 75.8 Å². The van der Waals surface area contributed by atoms with Crippen LogP contribution in [0, 0.1) is 13.8 Å². The van der Waals surface area contributed by atoms with Gasteiger partial charge < -0.3 is 18.8 Å². The fourth-order valence-corrected chi connectivity index (χ4v) is 6.94. The summed E-state index contributed by atoms with van der Waals surface area (Å²) in [4.78, 5) is 12.9. The number of aryl methyl sites for hydroxylation is 3. The van der Waals surface area contributed by atoms with Gasteiger partial charge in [0.15, 0.2) is 17.2 Å². The van der Waals surface area contributed by atoms with Crippen molar-refractivity contribution in [3.63, 3.8) is 0 Å². The number of nitrogens with zero attached hydrogens (tertiary/aromatic N) is 4. The van der Waals surface area contributed by atoms with E-state index in [2.05, 4.69) is 10.3 Å². The molecule has 1 aliphatic rings. The average molecular weight is 694 g/mol. The lowest BCUT2D eigenvalue weighted by molar-refractivity contribution is -0.143. The first-order valence-electron chi connectivity index (χ1n) is 14.8. The highest BCUT2D eigenvalue weighted by atomic mass is 35.5. The molecule has 2 heterocycles. The second-order valence-electron chi connectivity index (χ2n) is 11.0. The van der Waals surface area contributed by atoms with Gasteiger partial charge in [0.1, 0.15) is 5.52 Å². The molecule has 0 saturated heterocycles. The lowest BCUT2D eigenvalue weighted by Gasteiger charge is -2.29. The number of carbonyl (C=O) groups is 1. The van der Waals surface area contributed by atoms with Gasteiger partial charge in [-0.3, -0.25) is 4.79 Å². The second kappa shape index (κ2) is 14.9. The number of halogens is 2. The Bertz CT molecular complexity index is 1830. The van der Waals surface area contributed by atoms with Crippen molar-refractivity contribution in [2.45, 2.75) is 65.6 Å². The fraction of sp³-hybridized carbons (Fsp3) is 0.406. The number of alkyl halides is 1. The molecule has 0 radical (unpaired) electrons. The molecule has 1 N–H and O–H groups in total. The topological polar surface area (TPSA) is 133 Å². The maximum atomic E-state index is 13.2. The fourth-order valence-electron chi connectivity index (χ4n) is 5.67. The van der Waals surface area contributed by atoms with Crippen LogP contribution < -0.4 is 8.92 Å². The number of rotatable bonds is 12. The summed E-state index contributed by atoms with van der Waals surface area (Å²) >= 11 is 5.85. The predicted molar refractivity (Wildman–Crippen MR) is 177 cm³/mol. The SMILES string of the molecule is CCOC(=O)CC(c1ccc(C)c(CN2Cc3cc(O)c(OC)cc3OS2(=O)=O)c1)c1ccc2c(nnn2CCCCCl)c1C.Cl. The van der Waals surface area contributed by atoms with Crippen molar-refractivity contribution < 1.29 is 32.0 Å². The molecule has 1 aromatic heterocycles. The maximum absolute atomic E-state index is 13.2. The van der Waals surface area contributed by atoms with Gasteiger partial charge in [-0.15, -0.1) is 29.1 Å². The van der Waals surface area contributed by atoms with E-state index in [1.807, 2.05) is 48.9 Å². The van der Waals surface area contributed by atoms with Crippen molar-refractivity contribution in [1.29, 1.82) is 0 Å². The molecule has 14 heteroatoms. The lowest BCUT2D eigenvalue weighted by Crippen LogP contribution is -2.37. The zero-order chi connectivity index (χ0) is 32.3. The van der Waals surface area contributed by atoms with Crippen LogP contribution in [0.2, 0.25) is 0 Å². The molecule has 248 valence electrons. The van der Waals surface area contributed by atoms with Crippen LogP contribution in [0.5, 0.6) is 17.2 Å². The predicted octanol–water partition coefficient (Wildman–Crippen LogP) is 5.93. The molecular weight excluding hydrogens is 655 g/mol. The van der Waals surface area contributed by atoms with Gasteiger partial charge in [-0.25, -0.2) is 4.68 Å². The molecule has 1 atom stereocenters. The molecule has 0 bridgehead atoms. The monoisotopic (exact) mass is 692 g/mol.